The highest BCUT2D eigenvalue weighted by molar-refractivity contribution is 5.96. The smallest absolute Gasteiger partial charge is 0.333 e. The maximum atomic E-state index is 11.3. The van der Waals surface area contributed by atoms with Crippen molar-refractivity contribution in [3.05, 3.63) is 11.6 Å². The fourth-order valence-corrected chi connectivity index (χ4v) is 1.09. The standard InChI is InChI=1S/C11H16O6/c1-15-9(12)6-4-5-8(11(14)17-3)7-10(13)16-2/h7H,4-6H2,1-3H3/b8-7-. The van der Waals surface area contributed by atoms with Crippen LogP contribution in [0.4, 0.5) is 0 Å². The van der Waals surface area contributed by atoms with E-state index >= 15 is 0 Å². The first-order chi connectivity index (χ1) is 8.04. The Kier molecular flexibility index (Phi) is 7.41. The number of esters is 3. The monoisotopic (exact) mass is 244 g/mol. The van der Waals surface area contributed by atoms with Crippen molar-refractivity contribution in [1.82, 2.24) is 0 Å². The van der Waals surface area contributed by atoms with Gasteiger partial charge in [-0.2, -0.15) is 0 Å². The first kappa shape index (κ1) is 15.2. The lowest BCUT2D eigenvalue weighted by Crippen LogP contribution is -2.09. The highest BCUT2D eigenvalue weighted by Gasteiger charge is 2.13. The lowest BCUT2D eigenvalue weighted by Gasteiger charge is -2.04. The number of hydrogen-bond acceptors (Lipinski definition) is 6. The van der Waals surface area contributed by atoms with E-state index in [1.165, 1.54) is 21.3 Å². The average molecular weight is 244 g/mol. The molecule has 0 saturated carbocycles. The van der Waals surface area contributed by atoms with E-state index < -0.39 is 11.9 Å². The van der Waals surface area contributed by atoms with Gasteiger partial charge in [0.1, 0.15) is 0 Å². The summed E-state index contributed by atoms with van der Waals surface area (Å²) in [5.41, 5.74) is 0.170. The van der Waals surface area contributed by atoms with Crippen LogP contribution in [-0.2, 0) is 28.6 Å². The van der Waals surface area contributed by atoms with Crippen molar-refractivity contribution in [2.75, 3.05) is 21.3 Å². The summed E-state index contributed by atoms with van der Waals surface area (Å²) in [5.74, 6) is -1.61. The molecule has 0 radical (unpaired) electrons. The second-order valence-electron chi connectivity index (χ2n) is 3.11. The molecule has 0 N–H and O–H groups in total. The maximum absolute atomic E-state index is 11.3. The minimum absolute atomic E-state index is 0.170. The minimum atomic E-state index is -0.636. The molecule has 6 nitrogen and oxygen atoms in total. The molecule has 96 valence electrons. The summed E-state index contributed by atoms with van der Waals surface area (Å²) in [6.45, 7) is 0. The fraction of sp³-hybridized carbons (Fsp3) is 0.545. The molecule has 0 saturated heterocycles. The number of methoxy groups -OCH3 is 3. The van der Waals surface area contributed by atoms with Gasteiger partial charge in [0, 0.05) is 18.1 Å². The normalized spacial score (nSPS) is 10.6. The van der Waals surface area contributed by atoms with Crippen LogP contribution in [0.25, 0.3) is 0 Å². The van der Waals surface area contributed by atoms with Crippen molar-refractivity contribution in [1.29, 1.82) is 0 Å². The Balaban J connectivity index is 4.41. The highest BCUT2D eigenvalue weighted by Crippen LogP contribution is 2.10. The molecule has 0 aliphatic rings. The summed E-state index contributed by atoms with van der Waals surface area (Å²) >= 11 is 0. The number of ether oxygens (including phenoxy) is 3. The van der Waals surface area contributed by atoms with Crippen LogP contribution in [-0.4, -0.2) is 39.2 Å². The van der Waals surface area contributed by atoms with Crippen LogP contribution in [0, 0.1) is 0 Å². The van der Waals surface area contributed by atoms with Gasteiger partial charge in [-0.1, -0.05) is 0 Å². The van der Waals surface area contributed by atoms with Gasteiger partial charge in [-0.05, 0) is 12.8 Å². The zero-order chi connectivity index (χ0) is 13.3. The molecule has 0 rings (SSSR count). The third-order valence-corrected chi connectivity index (χ3v) is 2.00. The molecule has 0 heterocycles. The maximum Gasteiger partial charge on any atom is 0.333 e. The third kappa shape index (κ3) is 6.34. The van der Waals surface area contributed by atoms with Crippen molar-refractivity contribution in [3.8, 4) is 0 Å². The van der Waals surface area contributed by atoms with Gasteiger partial charge in [0.2, 0.25) is 0 Å². The van der Waals surface area contributed by atoms with Gasteiger partial charge in [-0.25, -0.2) is 9.59 Å². The Labute approximate surface area is 99.5 Å². The lowest BCUT2D eigenvalue weighted by atomic mass is 10.1. The Morgan fingerprint density at radius 1 is 0.941 bits per heavy atom. The number of hydrogen-bond donors (Lipinski definition) is 0. The molecule has 0 bridgehead atoms. The zero-order valence-electron chi connectivity index (χ0n) is 10.1. The molecule has 0 aromatic rings. The number of carbonyl (C=O) groups excluding carboxylic acids is 3. The molecule has 0 fully saturated rings. The molecule has 0 spiro atoms. The molecule has 0 aromatic heterocycles. The van der Waals surface area contributed by atoms with Crippen LogP contribution in [0.2, 0.25) is 0 Å². The summed E-state index contributed by atoms with van der Waals surface area (Å²) in [5, 5.41) is 0. The summed E-state index contributed by atoms with van der Waals surface area (Å²) in [7, 11) is 3.71. The lowest BCUT2D eigenvalue weighted by molar-refractivity contribution is -0.141. The van der Waals surface area contributed by atoms with E-state index in [1.54, 1.807) is 0 Å². The van der Waals surface area contributed by atoms with Gasteiger partial charge < -0.3 is 14.2 Å². The van der Waals surface area contributed by atoms with Crippen LogP contribution in [0.3, 0.4) is 0 Å². The van der Waals surface area contributed by atoms with Crippen LogP contribution in [0.5, 0.6) is 0 Å². The van der Waals surface area contributed by atoms with E-state index in [4.69, 9.17) is 0 Å². The van der Waals surface area contributed by atoms with Crippen molar-refractivity contribution >= 4 is 17.9 Å². The Morgan fingerprint density at radius 2 is 1.59 bits per heavy atom. The van der Waals surface area contributed by atoms with Gasteiger partial charge in [0.05, 0.1) is 21.3 Å². The van der Waals surface area contributed by atoms with E-state index in [1.807, 2.05) is 0 Å². The van der Waals surface area contributed by atoms with Crippen LogP contribution >= 0.6 is 0 Å². The first-order valence-electron chi connectivity index (χ1n) is 4.98. The first-order valence-corrected chi connectivity index (χ1v) is 4.98. The quantitative estimate of drug-likeness (QED) is 0.387. The molecule has 0 aromatic carbocycles. The Hall–Kier alpha value is -1.85. The third-order valence-electron chi connectivity index (χ3n) is 2.00. The predicted octanol–water partition coefficient (Wildman–Crippen LogP) is 0.602. The van der Waals surface area contributed by atoms with Crippen molar-refractivity contribution < 1.29 is 28.6 Å². The molecule has 0 unspecified atom stereocenters. The Morgan fingerprint density at radius 3 is 2.06 bits per heavy atom. The topological polar surface area (TPSA) is 78.9 Å². The van der Waals surface area contributed by atoms with Crippen molar-refractivity contribution in [2.24, 2.45) is 0 Å². The van der Waals surface area contributed by atoms with Gasteiger partial charge >= 0.3 is 17.9 Å². The molecular weight excluding hydrogens is 228 g/mol. The zero-order valence-corrected chi connectivity index (χ0v) is 10.1. The van der Waals surface area contributed by atoms with E-state index in [-0.39, 0.29) is 24.4 Å². The molecule has 0 aliphatic carbocycles. The van der Waals surface area contributed by atoms with Gasteiger partial charge in [0.25, 0.3) is 0 Å². The van der Waals surface area contributed by atoms with E-state index in [0.717, 1.165) is 6.08 Å². The average Bonchev–Trinajstić information content (AvgIpc) is 2.35. The second-order valence-corrected chi connectivity index (χ2v) is 3.11. The number of rotatable bonds is 6. The molecule has 17 heavy (non-hydrogen) atoms. The van der Waals surface area contributed by atoms with Gasteiger partial charge in [-0.15, -0.1) is 0 Å². The fourth-order valence-electron chi connectivity index (χ4n) is 1.09. The van der Waals surface area contributed by atoms with Crippen LogP contribution in [0.1, 0.15) is 19.3 Å². The molecule has 0 aliphatic heterocycles. The summed E-state index contributed by atoms with van der Waals surface area (Å²) in [4.78, 5) is 33.2. The van der Waals surface area contributed by atoms with Crippen LogP contribution in [0.15, 0.2) is 11.6 Å². The highest BCUT2D eigenvalue weighted by atomic mass is 16.5. The summed E-state index contributed by atoms with van der Waals surface area (Å²) < 4.78 is 13.4. The van der Waals surface area contributed by atoms with Gasteiger partial charge in [0.15, 0.2) is 0 Å². The number of carbonyl (C=O) groups is 3. The predicted molar refractivity (Wildman–Crippen MR) is 58.0 cm³/mol. The second kappa shape index (κ2) is 8.32. The van der Waals surface area contributed by atoms with E-state index in [2.05, 4.69) is 14.2 Å². The van der Waals surface area contributed by atoms with Gasteiger partial charge in [-0.3, -0.25) is 4.79 Å². The molecule has 0 amide bonds. The van der Waals surface area contributed by atoms with Crippen molar-refractivity contribution in [2.45, 2.75) is 19.3 Å². The van der Waals surface area contributed by atoms with Crippen molar-refractivity contribution in [3.63, 3.8) is 0 Å². The largest absolute Gasteiger partial charge is 0.469 e. The van der Waals surface area contributed by atoms with E-state index in [0.29, 0.717) is 6.42 Å². The summed E-state index contributed by atoms with van der Waals surface area (Å²) in [6, 6.07) is 0. The Bertz CT molecular complexity index is 318. The molecular formula is C11H16O6. The minimum Gasteiger partial charge on any atom is -0.469 e. The SMILES string of the molecule is COC(=O)/C=C(/CCCC(=O)OC)C(=O)OC. The molecule has 6 heteroatoms. The summed E-state index contributed by atoms with van der Waals surface area (Å²) in [6.07, 6.45) is 1.87. The van der Waals surface area contributed by atoms with Crippen LogP contribution < -0.4 is 0 Å². The van der Waals surface area contributed by atoms with E-state index in [9.17, 15) is 14.4 Å². The molecule has 0 atom stereocenters.